The SMILES string of the molecule is CCCCC/C=C\C/C=C\C/C=C\C/C=C\CCCC(=O)OC(CCCCC/C=C/C=C/C=C/CCCCCCC)CC(=O)NC(CO)C(O)CCCCCCCCCCCCCC. The molecule has 0 fully saturated rings. The largest absolute Gasteiger partial charge is 0.462 e. The van der Waals surface area contributed by atoms with Crippen LogP contribution < -0.4 is 5.32 Å². The van der Waals surface area contributed by atoms with E-state index in [1.54, 1.807) is 0 Å². The number of rotatable bonds is 47. The van der Waals surface area contributed by atoms with Crippen molar-refractivity contribution < 1.29 is 24.5 Å². The number of unbranched alkanes of at least 4 members (excludes halogenated alkanes) is 23. The summed E-state index contributed by atoms with van der Waals surface area (Å²) in [6, 6.07) is -0.728. The van der Waals surface area contributed by atoms with Gasteiger partial charge in [0.1, 0.15) is 6.10 Å². The summed E-state index contributed by atoms with van der Waals surface area (Å²) in [7, 11) is 0. The summed E-state index contributed by atoms with van der Waals surface area (Å²) >= 11 is 0. The first-order chi connectivity index (χ1) is 31.5. The van der Waals surface area contributed by atoms with Gasteiger partial charge in [-0.3, -0.25) is 9.59 Å². The van der Waals surface area contributed by atoms with E-state index >= 15 is 0 Å². The minimum absolute atomic E-state index is 0.0295. The van der Waals surface area contributed by atoms with Gasteiger partial charge in [0.15, 0.2) is 0 Å². The average molecular weight is 892 g/mol. The van der Waals surface area contributed by atoms with Crippen molar-refractivity contribution in [2.45, 2.75) is 264 Å². The number of amides is 1. The normalized spacial score (nSPS) is 13.9. The molecule has 0 saturated heterocycles. The maximum absolute atomic E-state index is 13.2. The van der Waals surface area contributed by atoms with E-state index in [0.717, 1.165) is 77.0 Å². The van der Waals surface area contributed by atoms with Gasteiger partial charge in [-0.15, -0.1) is 0 Å². The molecule has 0 aliphatic carbocycles. The minimum Gasteiger partial charge on any atom is -0.462 e. The molecule has 0 rings (SSSR count). The summed E-state index contributed by atoms with van der Waals surface area (Å²) in [6.07, 6.45) is 66.4. The van der Waals surface area contributed by atoms with Crippen LogP contribution in [0, 0.1) is 0 Å². The Labute approximate surface area is 395 Å². The van der Waals surface area contributed by atoms with Gasteiger partial charge < -0.3 is 20.3 Å². The number of hydrogen-bond donors (Lipinski definition) is 3. The molecule has 0 aliphatic heterocycles. The van der Waals surface area contributed by atoms with Gasteiger partial charge in [-0.1, -0.05) is 228 Å². The van der Waals surface area contributed by atoms with Gasteiger partial charge in [0.25, 0.3) is 0 Å². The third-order valence-electron chi connectivity index (χ3n) is 11.8. The second-order valence-electron chi connectivity index (χ2n) is 18.0. The molecule has 3 atom stereocenters. The molecule has 3 unspecified atom stereocenters. The van der Waals surface area contributed by atoms with Crippen molar-refractivity contribution in [3.05, 3.63) is 85.1 Å². The summed E-state index contributed by atoms with van der Waals surface area (Å²) in [5, 5.41) is 23.8. The zero-order chi connectivity index (χ0) is 46.7. The number of esters is 1. The Morgan fingerprint density at radius 1 is 0.469 bits per heavy atom. The average Bonchev–Trinajstić information content (AvgIpc) is 3.29. The standard InChI is InChI=1S/C58H101NO5/c1-4-7-10-13-16-19-22-25-27-29-31-33-36-39-42-45-48-51-58(63)64-54(49-46-43-40-37-34-32-30-28-26-23-20-17-14-11-8-5-2)52-57(62)59-55(53-60)56(61)50-47-44-41-38-35-24-21-18-15-12-9-6-3/h16,19,23,25-28,30-34,39,42,54-56,60-61H,4-15,17-18,20-22,24,29,35-38,40-41,43-53H2,1-3H3,(H,59,62)/b19-16-,26-23+,27-25-,30-28+,33-31-,34-32+,42-39-. The van der Waals surface area contributed by atoms with Crippen LogP contribution in [-0.2, 0) is 14.3 Å². The Morgan fingerprint density at radius 2 is 0.859 bits per heavy atom. The topological polar surface area (TPSA) is 95.9 Å². The number of nitrogens with one attached hydrogen (secondary N) is 1. The van der Waals surface area contributed by atoms with Gasteiger partial charge in [-0.25, -0.2) is 0 Å². The third kappa shape index (κ3) is 45.6. The molecule has 3 N–H and O–H groups in total. The van der Waals surface area contributed by atoms with E-state index in [9.17, 15) is 19.8 Å². The molecule has 368 valence electrons. The molecular weight excluding hydrogens is 791 g/mol. The smallest absolute Gasteiger partial charge is 0.306 e. The predicted molar refractivity (Wildman–Crippen MR) is 278 cm³/mol. The molecule has 6 heteroatoms. The van der Waals surface area contributed by atoms with Crippen LogP contribution in [0.2, 0.25) is 0 Å². The van der Waals surface area contributed by atoms with Crippen LogP contribution in [-0.4, -0.2) is 46.9 Å². The highest BCUT2D eigenvalue weighted by Gasteiger charge is 2.24. The van der Waals surface area contributed by atoms with Crippen molar-refractivity contribution in [2.24, 2.45) is 0 Å². The lowest BCUT2D eigenvalue weighted by molar-refractivity contribution is -0.151. The van der Waals surface area contributed by atoms with Gasteiger partial charge in [-0.2, -0.15) is 0 Å². The van der Waals surface area contributed by atoms with Crippen LogP contribution in [0.3, 0.4) is 0 Å². The lowest BCUT2D eigenvalue weighted by atomic mass is 10.0. The summed E-state index contributed by atoms with van der Waals surface area (Å²) in [5.41, 5.74) is 0. The van der Waals surface area contributed by atoms with Crippen LogP contribution in [0.25, 0.3) is 0 Å². The van der Waals surface area contributed by atoms with Crippen LogP contribution in [0.1, 0.15) is 245 Å². The highest BCUT2D eigenvalue weighted by atomic mass is 16.5. The van der Waals surface area contributed by atoms with E-state index in [2.05, 4.69) is 111 Å². The van der Waals surface area contributed by atoms with E-state index in [1.807, 2.05) is 0 Å². The Morgan fingerprint density at radius 3 is 1.38 bits per heavy atom. The molecular formula is C58H101NO5. The molecule has 0 heterocycles. The Bertz CT molecular complexity index is 1230. The van der Waals surface area contributed by atoms with E-state index < -0.39 is 18.2 Å². The second kappa shape index (κ2) is 51.0. The van der Waals surface area contributed by atoms with E-state index in [1.165, 1.54) is 116 Å². The van der Waals surface area contributed by atoms with Crippen molar-refractivity contribution in [3.63, 3.8) is 0 Å². The number of allylic oxidation sites excluding steroid dienone is 14. The summed E-state index contributed by atoms with van der Waals surface area (Å²) < 4.78 is 5.90. The molecule has 6 nitrogen and oxygen atoms in total. The lowest BCUT2D eigenvalue weighted by Crippen LogP contribution is -2.46. The van der Waals surface area contributed by atoms with E-state index in [4.69, 9.17) is 4.74 Å². The molecule has 0 saturated carbocycles. The van der Waals surface area contributed by atoms with Crippen LogP contribution in [0.15, 0.2) is 85.1 Å². The number of aliphatic hydroxyl groups is 2. The molecule has 0 bridgehead atoms. The monoisotopic (exact) mass is 892 g/mol. The molecule has 0 spiro atoms. The molecule has 0 aromatic heterocycles. The van der Waals surface area contributed by atoms with Crippen molar-refractivity contribution in [2.75, 3.05) is 6.61 Å². The van der Waals surface area contributed by atoms with Crippen LogP contribution >= 0.6 is 0 Å². The molecule has 0 radical (unpaired) electrons. The van der Waals surface area contributed by atoms with Gasteiger partial charge in [0.05, 0.1) is 25.2 Å². The van der Waals surface area contributed by atoms with Crippen LogP contribution in [0.4, 0.5) is 0 Å². The summed E-state index contributed by atoms with van der Waals surface area (Å²) in [5.74, 6) is -0.577. The van der Waals surface area contributed by atoms with Crippen molar-refractivity contribution in [3.8, 4) is 0 Å². The van der Waals surface area contributed by atoms with E-state index in [-0.39, 0.29) is 24.9 Å². The molecule has 64 heavy (non-hydrogen) atoms. The van der Waals surface area contributed by atoms with Gasteiger partial charge in [0.2, 0.25) is 5.91 Å². The first kappa shape index (κ1) is 61.0. The highest BCUT2D eigenvalue weighted by Crippen LogP contribution is 2.17. The maximum atomic E-state index is 13.2. The van der Waals surface area contributed by atoms with Gasteiger partial charge in [-0.05, 0) is 89.9 Å². The fourth-order valence-corrected chi connectivity index (χ4v) is 7.66. The van der Waals surface area contributed by atoms with Crippen molar-refractivity contribution >= 4 is 11.9 Å². The summed E-state index contributed by atoms with van der Waals surface area (Å²) in [4.78, 5) is 26.2. The van der Waals surface area contributed by atoms with Crippen molar-refractivity contribution in [1.29, 1.82) is 0 Å². The predicted octanol–water partition coefficient (Wildman–Crippen LogP) is 16.3. The zero-order valence-electron chi connectivity index (χ0n) is 41.9. The lowest BCUT2D eigenvalue weighted by Gasteiger charge is -2.24. The quantitative estimate of drug-likeness (QED) is 0.0245. The Kier molecular flexibility index (Phi) is 48.7. The Hall–Kier alpha value is -2.96. The first-order valence-electron chi connectivity index (χ1n) is 26.8. The molecule has 0 aliphatic rings. The number of carbonyl (C=O) groups is 2. The fourth-order valence-electron chi connectivity index (χ4n) is 7.66. The minimum atomic E-state index is -0.810. The Balaban J connectivity index is 4.76. The van der Waals surface area contributed by atoms with E-state index in [0.29, 0.717) is 25.7 Å². The second-order valence-corrected chi connectivity index (χ2v) is 18.0. The van der Waals surface area contributed by atoms with Crippen LogP contribution in [0.5, 0.6) is 0 Å². The highest BCUT2D eigenvalue weighted by molar-refractivity contribution is 5.77. The number of carbonyl (C=O) groups excluding carboxylic acids is 2. The fraction of sp³-hybridized carbons (Fsp3) is 0.724. The maximum Gasteiger partial charge on any atom is 0.306 e. The number of ether oxygens (including phenoxy) is 1. The third-order valence-corrected chi connectivity index (χ3v) is 11.8. The molecule has 0 aromatic carbocycles. The summed E-state index contributed by atoms with van der Waals surface area (Å²) in [6.45, 7) is 6.41. The molecule has 1 amide bonds. The molecule has 0 aromatic rings. The van der Waals surface area contributed by atoms with Crippen molar-refractivity contribution in [1.82, 2.24) is 5.32 Å². The number of aliphatic hydroxyl groups excluding tert-OH is 2. The van der Waals surface area contributed by atoms with Gasteiger partial charge >= 0.3 is 5.97 Å². The zero-order valence-corrected chi connectivity index (χ0v) is 41.9. The first-order valence-corrected chi connectivity index (χ1v) is 26.8. The number of hydrogen-bond acceptors (Lipinski definition) is 5. The van der Waals surface area contributed by atoms with Gasteiger partial charge in [0, 0.05) is 6.42 Å².